The lowest BCUT2D eigenvalue weighted by molar-refractivity contribution is 0.436. The Morgan fingerprint density at radius 1 is 1.18 bits per heavy atom. The van der Waals surface area contributed by atoms with Crippen LogP contribution in [0.4, 0.5) is 4.39 Å². The van der Waals surface area contributed by atoms with E-state index in [0.717, 1.165) is 18.9 Å². The third kappa shape index (κ3) is 5.83. The summed E-state index contributed by atoms with van der Waals surface area (Å²) in [4.78, 5) is 0. The predicted molar refractivity (Wildman–Crippen MR) is 71.6 cm³/mol. The van der Waals surface area contributed by atoms with Crippen molar-refractivity contribution in [2.75, 3.05) is 6.54 Å². The van der Waals surface area contributed by atoms with E-state index in [-0.39, 0.29) is 5.82 Å². The molecule has 0 aliphatic rings. The minimum absolute atomic E-state index is 0.161. The van der Waals surface area contributed by atoms with Crippen LogP contribution in [0.15, 0.2) is 24.3 Å². The minimum atomic E-state index is -0.161. The molecular weight excluding hydrogens is 213 g/mol. The highest BCUT2D eigenvalue weighted by Gasteiger charge is 2.06. The van der Waals surface area contributed by atoms with Gasteiger partial charge in [-0.1, -0.05) is 32.4 Å². The van der Waals surface area contributed by atoms with E-state index in [1.165, 1.54) is 30.5 Å². The number of hydrogen-bond acceptors (Lipinski definition) is 1. The van der Waals surface area contributed by atoms with Gasteiger partial charge in [-0.15, -0.1) is 0 Å². The smallest absolute Gasteiger partial charge is 0.123 e. The highest BCUT2D eigenvalue weighted by molar-refractivity contribution is 5.16. The van der Waals surface area contributed by atoms with Gasteiger partial charge in [0.1, 0.15) is 5.82 Å². The van der Waals surface area contributed by atoms with Crippen LogP contribution in [0, 0.1) is 11.7 Å². The molecule has 1 aromatic rings. The van der Waals surface area contributed by atoms with Crippen LogP contribution in [0.2, 0.25) is 0 Å². The van der Waals surface area contributed by atoms with Gasteiger partial charge >= 0.3 is 0 Å². The molecule has 2 unspecified atom stereocenters. The standard InChI is InChI=1S/C15H24FN/c1-4-5-12(2)11-17-13(3)10-14-6-8-15(16)9-7-14/h6-9,12-13,17H,4-5,10-11H2,1-3H3. The second-order valence-electron chi connectivity index (χ2n) is 5.03. The molecule has 0 aliphatic carbocycles. The van der Waals surface area contributed by atoms with E-state index in [9.17, 15) is 4.39 Å². The number of benzene rings is 1. The van der Waals surface area contributed by atoms with Crippen molar-refractivity contribution >= 4 is 0 Å². The number of nitrogens with one attached hydrogen (secondary N) is 1. The maximum absolute atomic E-state index is 12.7. The van der Waals surface area contributed by atoms with Crippen LogP contribution >= 0.6 is 0 Å². The monoisotopic (exact) mass is 237 g/mol. The van der Waals surface area contributed by atoms with Crippen LogP contribution in [-0.2, 0) is 6.42 Å². The summed E-state index contributed by atoms with van der Waals surface area (Å²) in [6.45, 7) is 7.75. The second-order valence-corrected chi connectivity index (χ2v) is 5.03. The Labute approximate surface area is 104 Å². The van der Waals surface area contributed by atoms with E-state index in [4.69, 9.17) is 0 Å². The normalized spacial score (nSPS) is 14.6. The highest BCUT2D eigenvalue weighted by Crippen LogP contribution is 2.07. The van der Waals surface area contributed by atoms with E-state index in [1.54, 1.807) is 0 Å². The lowest BCUT2D eigenvalue weighted by Crippen LogP contribution is -2.31. The van der Waals surface area contributed by atoms with E-state index in [1.807, 2.05) is 12.1 Å². The van der Waals surface area contributed by atoms with Gasteiger partial charge in [0, 0.05) is 6.04 Å². The van der Waals surface area contributed by atoms with Gasteiger partial charge in [0.15, 0.2) is 0 Å². The van der Waals surface area contributed by atoms with Gasteiger partial charge in [-0.2, -0.15) is 0 Å². The summed E-state index contributed by atoms with van der Waals surface area (Å²) < 4.78 is 12.7. The molecule has 0 heterocycles. The highest BCUT2D eigenvalue weighted by atomic mass is 19.1. The van der Waals surface area contributed by atoms with Crippen molar-refractivity contribution in [3.8, 4) is 0 Å². The first-order valence-electron chi connectivity index (χ1n) is 6.59. The van der Waals surface area contributed by atoms with E-state index < -0.39 is 0 Å². The molecule has 1 aromatic carbocycles. The van der Waals surface area contributed by atoms with Crippen molar-refractivity contribution in [2.24, 2.45) is 5.92 Å². The van der Waals surface area contributed by atoms with Gasteiger partial charge in [0.05, 0.1) is 0 Å². The molecule has 0 bridgehead atoms. The molecule has 0 amide bonds. The molecule has 1 rings (SSSR count). The average Bonchev–Trinajstić information content (AvgIpc) is 2.30. The Bertz CT molecular complexity index is 307. The first-order chi connectivity index (χ1) is 8.11. The lowest BCUT2D eigenvalue weighted by Gasteiger charge is -2.17. The zero-order chi connectivity index (χ0) is 12.7. The van der Waals surface area contributed by atoms with Crippen LogP contribution < -0.4 is 5.32 Å². The molecule has 0 spiro atoms. The third-order valence-corrected chi connectivity index (χ3v) is 3.05. The molecule has 96 valence electrons. The number of rotatable bonds is 7. The maximum atomic E-state index is 12.7. The van der Waals surface area contributed by atoms with Crippen molar-refractivity contribution in [3.05, 3.63) is 35.6 Å². The average molecular weight is 237 g/mol. The van der Waals surface area contributed by atoms with Crippen LogP contribution in [0.5, 0.6) is 0 Å². The van der Waals surface area contributed by atoms with Gasteiger partial charge in [-0.3, -0.25) is 0 Å². The van der Waals surface area contributed by atoms with Crippen molar-refractivity contribution in [2.45, 2.75) is 46.1 Å². The van der Waals surface area contributed by atoms with Crippen molar-refractivity contribution in [1.82, 2.24) is 5.32 Å². The quantitative estimate of drug-likeness (QED) is 0.761. The molecule has 0 radical (unpaired) electrons. The van der Waals surface area contributed by atoms with E-state index in [0.29, 0.717) is 6.04 Å². The summed E-state index contributed by atoms with van der Waals surface area (Å²) in [5.74, 6) is 0.571. The Kier molecular flexibility index (Phi) is 6.20. The zero-order valence-electron chi connectivity index (χ0n) is 11.2. The molecule has 17 heavy (non-hydrogen) atoms. The minimum Gasteiger partial charge on any atom is -0.314 e. The van der Waals surface area contributed by atoms with Crippen molar-refractivity contribution in [1.29, 1.82) is 0 Å². The van der Waals surface area contributed by atoms with Crippen LogP contribution in [0.3, 0.4) is 0 Å². The molecule has 2 atom stereocenters. The fraction of sp³-hybridized carbons (Fsp3) is 0.600. The molecule has 0 fully saturated rings. The predicted octanol–water partition coefficient (Wildman–Crippen LogP) is 3.78. The molecule has 1 N–H and O–H groups in total. The van der Waals surface area contributed by atoms with Gasteiger partial charge in [-0.25, -0.2) is 4.39 Å². The van der Waals surface area contributed by atoms with Crippen molar-refractivity contribution in [3.63, 3.8) is 0 Å². The Balaban J connectivity index is 2.29. The summed E-state index contributed by atoms with van der Waals surface area (Å²) in [5.41, 5.74) is 1.19. The summed E-state index contributed by atoms with van der Waals surface area (Å²) in [7, 11) is 0. The molecule has 0 saturated carbocycles. The lowest BCUT2D eigenvalue weighted by atomic mass is 10.0. The molecule has 0 saturated heterocycles. The van der Waals surface area contributed by atoms with Gasteiger partial charge in [-0.05, 0) is 49.9 Å². The summed E-state index contributed by atoms with van der Waals surface area (Å²) in [6, 6.07) is 7.23. The van der Waals surface area contributed by atoms with Gasteiger partial charge in [0.2, 0.25) is 0 Å². The van der Waals surface area contributed by atoms with E-state index in [2.05, 4.69) is 26.1 Å². The summed E-state index contributed by atoms with van der Waals surface area (Å²) >= 11 is 0. The number of halogens is 1. The summed E-state index contributed by atoms with van der Waals surface area (Å²) in [5, 5.41) is 3.54. The molecule has 0 aromatic heterocycles. The van der Waals surface area contributed by atoms with Crippen LogP contribution in [0.1, 0.15) is 39.2 Å². The van der Waals surface area contributed by atoms with Gasteiger partial charge < -0.3 is 5.32 Å². The topological polar surface area (TPSA) is 12.0 Å². The fourth-order valence-electron chi connectivity index (χ4n) is 2.04. The molecule has 2 heteroatoms. The Morgan fingerprint density at radius 2 is 1.82 bits per heavy atom. The van der Waals surface area contributed by atoms with Crippen LogP contribution in [0.25, 0.3) is 0 Å². The van der Waals surface area contributed by atoms with E-state index >= 15 is 0 Å². The number of hydrogen-bond donors (Lipinski definition) is 1. The van der Waals surface area contributed by atoms with Crippen molar-refractivity contribution < 1.29 is 4.39 Å². The summed E-state index contributed by atoms with van der Waals surface area (Å²) in [6.07, 6.45) is 3.48. The molecular formula is C15H24FN. The SMILES string of the molecule is CCCC(C)CNC(C)Cc1ccc(F)cc1. The van der Waals surface area contributed by atoms with Gasteiger partial charge in [0.25, 0.3) is 0 Å². The second kappa shape index (κ2) is 7.44. The Hall–Kier alpha value is -0.890. The maximum Gasteiger partial charge on any atom is 0.123 e. The molecule has 1 nitrogen and oxygen atoms in total. The first kappa shape index (κ1) is 14.2. The third-order valence-electron chi connectivity index (χ3n) is 3.05. The van der Waals surface area contributed by atoms with Crippen LogP contribution in [-0.4, -0.2) is 12.6 Å². The molecule has 0 aliphatic heterocycles. The zero-order valence-corrected chi connectivity index (χ0v) is 11.2. The first-order valence-corrected chi connectivity index (χ1v) is 6.59. The Morgan fingerprint density at radius 3 is 2.41 bits per heavy atom. The largest absolute Gasteiger partial charge is 0.314 e. The fourth-order valence-corrected chi connectivity index (χ4v) is 2.04.